The van der Waals surface area contributed by atoms with Gasteiger partial charge < -0.3 is 18.9 Å². The second-order valence-electron chi connectivity index (χ2n) is 8.63. The van der Waals surface area contributed by atoms with Crippen molar-refractivity contribution in [1.82, 2.24) is 0 Å². The molecule has 2 atom stereocenters. The summed E-state index contributed by atoms with van der Waals surface area (Å²) in [5, 5.41) is 0. The highest BCUT2D eigenvalue weighted by atomic mass is 32.2. The average Bonchev–Trinajstić information content (AvgIpc) is 2.91. The van der Waals surface area contributed by atoms with Crippen molar-refractivity contribution in [2.24, 2.45) is 11.8 Å². The first-order chi connectivity index (χ1) is 18.3. The molecule has 1 aromatic carbocycles. The Morgan fingerprint density at radius 2 is 1.05 bits per heavy atom. The van der Waals surface area contributed by atoms with E-state index in [2.05, 4.69) is 0 Å². The van der Waals surface area contributed by atoms with E-state index in [-0.39, 0.29) is 48.1 Å². The van der Waals surface area contributed by atoms with Gasteiger partial charge in [-0.2, -0.15) is 23.5 Å². The van der Waals surface area contributed by atoms with Crippen molar-refractivity contribution in [2.75, 3.05) is 49.4 Å². The number of carbonyl (C=O) groups excluding carboxylic acids is 4. The van der Waals surface area contributed by atoms with E-state index in [1.54, 1.807) is 61.6 Å². The number of ether oxygens (including phenoxy) is 4. The van der Waals surface area contributed by atoms with Crippen molar-refractivity contribution in [3.63, 3.8) is 0 Å². The van der Waals surface area contributed by atoms with E-state index in [9.17, 15) is 19.2 Å². The molecule has 0 amide bonds. The number of benzene rings is 1. The smallest absolute Gasteiger partial charge is 0.339 e. The molecule has 0 aliphatic heterocycles. The third-order valence-corrected chi connectivity index (χ3v) is 7.67. The summed E-state index contributed by atoms with van der Waals surface area (Å²) in [6.45, 7) is 8.58. The molecule has 0 spiro atoms. The van der Waals surface area contributed by atoms with E-state index >= 15 is 0 Å². The van der Waals surface area contributed by atoms with Crippen molar-refractivity contribution >= 4 is 47.4 Å². The van der Waals surface area contributed by atoms with Crippen molar-refractivity contribution in [3.05, 3.63) is 35.4 Å². The fourth-order valence-corrected chi connectivity index (χ4v) is 5.27. The van der Waals surface area contributed by atoms with Crippen LogP contribution in [0, 0.1) is 11.8 Å². The number of hydrogen-bond acceptors (Lipinski definition) is 10. The summed E-state index contributed by atoms with van der Waals surface area (Å²) >= 11 is 3.39. The lowest BCUT2D eigenvalue weighted by atomic mass is 10.1. The highest BCUT2D eigenvalue weighted by Crippen LogP contribution is 2.16. The fraction of sp³-hybridized carbons (Fsp3) is 0.643. The Morgan fingerprint density at radius 1 is 0.658 bits per heavy atom. The Hall–Kier alpha value is -2.20. The van der Waals surface area contributed by atoms with E-state index in [4.69, 9.17) is 18.9 Å². The van der Waals surface area contributed by atoms with Crippen LogP contribution in [-0.2, 0) is 28.5 Å². The van der Waals surface area contributed by atoms with Gasteiger partial charge >= 0.3 is 23.9 Å². The number of carbonyl (C=O) groups is 4. The fourth-order valence-electron chi connectivity index (χ4n) is 3.18. The summed E-state index contributed by atoms with van der Waals surface area (Å²) in [7, 11) is 0. The summed E-state index contributed by atoms with van der Waals surface area (Å²) in [5.41, 5.74) is 0.381. The Morgan fingerprint density at radius 3 is 1.42 bits per heavy atom. The molecule has 0 N–H and O–H groups in total. The Bertz CT molecular complexity index is 792. The zero-order chi connectivity index (χ0) is 28.2. The maximum atomic E-state index is 12.6. The van der Waals surface area contributed by atoms with Crippen LogP contribution in [0.15, 0.2) is 24.3 Å². The summed E-state index contributed by atoms with van der Waals surface area (Å²) in [6, 6.07) is 6.49. The number of esters is 4. The maximum absolute atomic E-state index is 12.6. The third kappa shape index (κ3) is 14.1. The molecule has 0 radical (unpaired) electrons. The van der Waals surface area contributed by atoms with Crippen molar-refractivity contribution in [1.29, 1.82) is 0 Å². The highest BCUT2D eigenvalue weighted by molar-refractivity contribution is 7.99. The van der Waals surface area contributed by atoms with Gasteiger partial charge in [0, 0.05) is 0 Å². The molecule has 0 aliphatic rings. The minimum Gasteiger partial charge on any atom is -0.466 e. The van der Waals surface area contributed by atoms with Gasteiger partial charge in [0.2, 0.25) is 0 Å². The second-order valence-corrected chi connectivity index (χ2v) is 11.1. The SMILES string of the molecule is CCOC(=O)C(C)CCSCCCOC(=O)c1ccccc1C(=O)OCCCSCCC(C)C(=O)OCC. The monoisotopic (exact) mass is 570 g/mol. The molecule has 214 valence electrons. The number of hydrogen-bond donors (Lipinski definition) is 0. The summed E-state index contributed by atoms with van der Waals surface area (Å²) in [4.78, 5) is 48.4. The lowest BCUT2D eigenvalue weighted by Crippen LogP contribution is -2.16. The van der Waals surface area contributed by atoms with Gasteiger partial charge in [-0.1, -0.05) is 26.0 Å². The molecule has 0 fully saturated rings. The normalized spacial score (nSPS) is 12.3. The van der Waals surface area contributed by atoms with E-state index in [0.29, 0.717) is 26.1 Å². The molecule has 0 aliphatic carbocycles. The Balaban J connectivity index is 2.27. The molecule has 0 aromatic heterocycles. The number of rotatable bonds is 20. The molecular weight excluding hydrogens is 528 g/mol. The van der Waals surface area contributed by atoms with Crippen LogP contribution in [0.4, 0.5) is 0 Å². The zero-order valence-electron chi connectivity index (χ0n) is 23.0. The van der Waals surface area contributed by atoms with Gasteiger partial charge in [0.15, 0.2) is 0 Å². The Labute approximate surface area is 235 Å². The first-order valence-corrected chi connectivity index (χ1v) is 15.5. The van der Waals surface area contributed by atoms with Gasteiger partial charge in [-0.15, -0.1) is 0 Å². The summed E-state index contributed by atoms with van der Waals surface area (Å²) in [5.74, 6) is 1.56. The minimum absolute atomic E-state index is 0.123. The molecule has 1 aromatic rings. The topological polar surface area (TPSA) is 105 Å². The van der Waals surface area contributed by atoms with Gasteiger partial charge in [0.25, 0.3) is 0 Å². The van der Waals surface area contributed by atoms with Gasteiger partial charge in [0.1, 0.15) is 0 Å². The van der Waals surface area contributed by atoms with Crippen LogP contribution in [0.2, 0.25) is 0 Å². The van der Waals surface area contributed by atoms with Crippen molar-refractivity contribution in [2.45, 2.75) is 53.4 Å². The van der Waals surface area contributed by atoms with Crippen LogP contribution in [0.1, 0.15) is 74.1 Å². The van der Waals surface area contributed by atoms with E-state index < -0.39 is 11.9 Å². The lowest BCUT2D eigenvalue weighted by Gasteiger charge is -2.11. The minimum atomic E-state index is -0.551. The van der Waals surface area contributed by atoms with E-state index in [1.165, 1.54) is 0 Å². The van der Waals surface area contributed by atoms with Crippen LogP contribution in [0.25, 0.3) is 0 Å². The summed E-state index contributed by atoms with van der Waals surface area (Å²) in [6.07, 6.45) is 2.83. The molecule has 0 bridgehead atoms. The van der Waals surface area contributed by atoms with Gasteiger partial charge in [-0.05, 0) is 74.7 Å². The highest BCUT2D eigenvalue weighted by Gasteiger charge is 2.19. The predicted octanol–water partition coefficient (Wildman–Crippen LogP) is 5.43. The zero-order valence-corrected chi connectivity index (χ0v) is 24.7. The molecule has 0 saturated carbocycles. The molecule has 0 heterocycles. The third-order valence-electron chi connectivity index (χ3n) is 5.47. The first kappa shape index (κ1) is 33.8. The van der Waals surface area contributed by atoms with Crippen molar-refractivity contribution < 1.29 is 38.1 Å². The van der Waals surface area contributed by atoms with E-state index in [1.807, 2.05) is 13.8 Å². The van der Waals surface area contributed by atoms with Crippen LogP contribution in [0.5, 0.6) is 0 Å². The lowest BCUT2D eigenvalue weighted by molar-refractivity contribution is -0.148. The molecule has 10 heteroatoms. The molecule has 8 nitrogen and oxygen atoms in total. The van der Waals surface area contributed by atoms with Gasteiger partial charge in [0.05, 0.1) is 49.4 Å². The number of thioether (sulfide) groups is 2. The summed E-state index contributed by atoms with van der Waals surface area (Å²) < 4.78 is 20.7. The molecular formula is C28H42O8S2. The predicted molar refractivity (Wildman–Crippen MR) is 152 cm³/mol. The first-order valence-electron chi connectivity index (χ1n) is 13.2. The van der Waals surface area contributed by atoms with Crippen LogP contribution < -0.4 is 0 Å². The largest absolute Gasteiger partial charge is 0.466 e. The maximum Gasteiger partial charge on any atom is 0.339 e. The Kier molecular flexibility index (Phi) is 18.4. The molecule has 2 unspecified atom stereocenters. The van der Waals surface area contributed by atoms with Crippen LogP contribution >= 0.6 is 23.5 Å². The molecule has 38 heavy (non-hydrogen) atoms. The second kappa shape index (κ2) is 20.7. The van der Waals surface area contributed by atoms with Gasteiger partial charge in [-0.3, -0.25) is 9.59 Å². The molecule has 1 rings (SSSR count). The van der Waals surface area contributed by atoms with Crippen LogP contribution in [0.3, 0.4) is 0 Å². The van der Waals surface area contributed by atoms with E-state index in [0.717, 1.165) is 35.9 Å². The molecule has 0 saturated heterocycles. The standard InChI is InChI=1S/C28H42O8S2/c1-5-33-25(29)21(3)13-19-37-17-9-15-35-27(31)23-11-7-8-12-24(23)28(32)36-16-10-18-38-20-14-22(4)26(30)34-6-2/h7-8,11-12,21-22H,5-6,9-10,13-20H2,1-4H3. The quantitative estimate of drug-likeness (QED) is 0.115. The van der Waals surface area contributed by atoms with Crippen molar-refractivity contribution in [3.8, 4) is 0 Å². The van der Waals surface area contributed by atoms with Gasteiger partial charge in [-0.25, -0.2) is 9.59 Å². The van der Waals surface area contributed by atoms with Crippen LogP contribution in [-0.4, -0.2) is 73.3 Å². The average molecular weight is 571 g/mol.